The first-order valence-corrected chi connectivity index (χ1v) is 8.28. The van der Waals surface area contributed by atoms with Gasteiger partial charge in [-0.2, -0.15) is 5.10 Å². The third-order valence-electron chi connectivity index (χ3n) is 5.28. The van der Waals surface area contributed by atoms with Gasteiger partial charge in [0.05, 0.1) is 6.54 Å². The first kappa shape index (κ1) is 14.6. The molecule has 0 radical (unpaired) electrons. The molecule has 0 N–H and O–H groups in total. The molecule has 2 saturated heterocycles. The quantitative estimate of drug-likeness (QED) is 0.841. The van der Waals surface area contributed by atoms with Gasteiger partial charge in [-0.3, -0.25) is 9.58 Å². The van der Waals surface area contributed by atoms with Crippen LogP contribution in [-0.4, -0.2) is 61.9 Å². The summed E-state index contributed by atoms with van der Waals surface area (Å²) in [5.41, 5.74) is 1.11. The Balaban J connectivity index is 1.44. The molecule has 4 heterocycles. The van der Waals surface area contributed by atoms with E-state index in [0.717, 1.165) is 31.1 Å². The number of hydrogen-bond acceptors (Lipinski definition) is 6. The number of rotatable bonds is 3. The van der Waals surface area contributed by atoms with E-state index >= 15 is 0 Å². The fourth-order valence-corrected chi connectivity index (χ4v) is 4.05. The van der Waals surface area contributed by atoms with Gasteiger partial charge >= 0.3 is 0 Å². The van der Waals surface area contributed by atoms with E-state index in [1.807, 2.05) is 30.3 Å². The number of fused-ring (bicyclic) bond motifs is 1. The van der Waals surface area contributed by atoms with Crippen molar-refractivity contribution in [2.24, 2.45) is 5.92 Å². The van der Waals surface area contributed by atoms with Gasteiger partial charge in [0.25, 0.3) is 0 Å². The zero-order valence-electron chi connectivity index (χ0n) is 13.7. The summed E-state index contributed by atoms with van der Waals surface area (Å²) in [6.07, 6.45) is 9.60. The zero-order chi connectivity index (χ0) is 15.8. The van der Waals surface area contributed by atoms with Crippen LogP contribution in [0.15, 0.2) is 25.0 Å². The van der Waals surface area contributed by atoms with Crippen molar-refractivity contribution in [3.63, 3.8) is 0 Å². The molecule has 7 nitrogen and oxygen atoms in total. The fraction of sp³-hybridized carbons (Fsp3) is 0.625. The molecule has 0 amide bonds. The first-order chi connectivity index (χ1) is 11.2. The Morgan fingerprint density at radius 2 is 2.09 bits per heavy atom. The van der Waals surface area contributed by atoms with Crippen molar-refractivity contribution in [3.05, 3.63) is 30.6 Å². The van der Waals surface area contributed by atoms with Crippen molar-refractivity contribution in [1.82, 2.24) is 29.6 Å². The number of hydrogen-bond donors (Lipinski definition) is 0. The largest absolute Gasteiger partial charge is 0.340 e. The van der Waals surface area contributed by atoms with Gasteiger partial charge in [-0.1, -0.05) is 0 Å². The number of likely N-dealkylation sites (N-methyl/N-ethyl adjacent to an activating group) is 1. The summed E-state index contributed by atoms with van der Waals surface area (Å²) in [6.45, 7) is 5.03. The number of nitrogens with zero attached hydrogens (tertiary/aromatic N) is 7. The minimum absolute atomic E-state index is 0.533. The van der Waals surface area contributed by atoms with Gasteiger partial charge in [0.15, 0.2) is 0 Å². The van der Waals surface area contributed by atoms with Crippen LogP contribution in [0.25, 0.3) is 0 Å². The van der Waals surface area contributed by atoms with E-state index in [4.69, 9.17) is 0 Å². The third kappa shape index (κ3) is 2.81. The number of likely N-dealkylation sites (tertiary alicyclic amines) is 1. The van der Waals surface area contributed by atoms with Crippen molar-refractivity contribution < 1.29 is 0 Å². The van der Waals surface area contributed by atoms with E-state index in [-0.39, 0.29) is 0 Å². The van der Waals surface area contributed by atoms with Gasteiger partial charge in [-0.15, -0.1) is 0 Å². The summed E-state index contributed by atoms with van der Waals surface area (Å²) >= 11 is 0. The topological polar surface area (TPSA) is 63.0 Å². The van der Waals surface area contributed by atoms with Crippen LogP contribution in [-0.2, 0) is 6.54 Å². The highest BCUT2D eigenvalue weighted by Gasteiger charge is 2.42. The minimum Gasteiger partial charge on any atom is -0.340 e. The van der Waals surface area contributed by atoms with Crippen LogP contribution >= 0.6 is 0 Å². The lowest BCUT2D eigenvalue weighted by atomic mass is 9.92. The Kier molecular flexibility index (Phi) is 3.72. The molecule has 0 aromatic carbocycles. The van der Waals surface area contributed by atoms with E-state index in [2.05, 4.69) is 36.9 Å². The minimum atomic E-state index is 0.533. The second kappa shape index (κ2) is 5.88. The SMILES string of the molecule is Cc1cnc(N2CC[C@@H]3[C@@H](C[C@H](Cn4cncn4)N3C)C2)nc1. The van der Waals surface area contributed by atoms with Gasteiger partial charge in [-0.05, 0) is 38.3 Å². The Bertz CT molecular complexity index is 639. The van der Waals surface area contributed by atoms with E-state index < -0.39 is 0 Å². The Labute approximate surface area is 136 Å². The average Bonchev–Trinajstić information content (AvgIpc) is 3.17. The maximum atomic E-state index is 4.49. The molecule has 23 heavy (non-hydrogen) atoms. The summed E-state index contributed by atoms with van der Waals surface area (Å²) in [6, 6.07) is 1.19. The molecule has 0 aliphatic carbocycles. The highest BCUT2D eigenvalue weighted by atomic mass is 15.3. The average molecular weight is 313 g/mol. The summed E-state index contributed by atoms with van der Waals surface area (Å²) in [7, 11) is 2.25. The van der Waals surface area contributed by atoms with E-state index in [1.165, 1.54) is 12.8 Å². The highest BCUT2D eigenvalue weighted by Crippen LogP contribution is 2.35. The standard InChI is InChI=1S/C16H23N7/c1-12-6-18-16(19-7-12)22-4-3-15-13(8-22)5-14(21(15)2)9-23-11-17-10-20-23/h6-7,10-11,13-15H,3-5,8-9H2,1-2H3/t13-,14+,15+/m0/s1. The maximum absolute atomic E-state index is 4.49. The number of piperidine rings is 1. The first-order valence-electron chi connectivity index (χ1n) is 8.28. The van der Waals surface area contributed by atoms with Gasteiger partial charge in [-0.25, -0.2) is 15.0 Å². The molecule has 7 heteroatoms. The molecule has 2 aromatic heterocycles. The smallest absolute Gasteiger partial charge is 0.225 e. The van der Waals surface area contributed by atoms with Crippen LogP contribution < -0.4 is 4.90 Å². The van der Waals surface area contributed by atoms with Gasteiger partial charge in [0.2, 0.25) is 5.95 Å². The van der Waals surface area contributed by atoms with Crippen LogP contribution in [0.5, 0.6) is 0 Å². The molecule has 2 aliphatic rings. The Morgan fingerprint density at radius 1 is 1.26 bits per heavy atom. The summed E-state index contributed by atoms with van der Waals surface area (Å²) in [4.78, 5) is 17.9. The van der Waals surface area contributed by atoms with Crippen molar-refractivity contribution in [2.45, 2.75) is 38.4 Å². The Hall–Kier alpha value is -2.02. The molecule has 2 fully saturated rings. The monoisotopic (exact) mass is 313 g/mol. The fourth-order valence-electron chi connectivity index (χ4n) is 4.05. The molecular weight excluding hydrogens is 290 g/mol. The molecule has 0 bridgehead atoms. The van der Waals surface area contributed by atoms with Crippen molar-refractivity contribution >= 4 is 5.95 Å². The summed E-state index contributed by atoms with van der Waals surface area (Å²) < 4.78 is 1.94. The summed E-state index contributed by atoms with van der Waals surface area (Å²) in [5.74, 6) is 1.55. The highest BCUT2D eigenvalue weighted by molar-refractivity contribution is 5.31. The Morgan fingerprint density at radius 3 is 2.83 bits per heavy atom. The van der Waals surface area contributed by atoms with E-state index in [0.29, 0.717) is 18.0 Å². The zero-order valence-corrected chi connectivity index (χ0v) is 13.7. The van der Waals surface area contributed by atoms with Crippen LogP contribution in [0.4, 0.5) is 5.95 Å². The van der Waals surface area contributed by atoms with E-state index in [9.17, 15) is 0 Å². The molecule has 2 aliphatic heterocycles. The lowest BCUT2D eigenvalue weighted by molar-refractivity contribution is 0.188. The lowest BCUT2D eigenvalue weighted by Crippen LogP contribution is -2.46. The van der Waals surface area contributed by atoms with E-state index in [1.54, 1.807) is 6.33 Å². The maximum Gasteiger partial charge on any atom is 0.225 e. The molecule has 2 aromatic rings. The van der Waals surface area contributed by atoms with Crippen LogP contribution in [0, 0.1) is 12.8 Å². The van der Waals surface area contributed by atoms with Crippen molar-refractivity contribution in [1.29, 1.82) is 0 Å². The molecule has 0 saturated carbocycles. The summed E-state index contributed by atoms with van der Waals surface area (Å²) in [5, 5.41) is 4.25. The van der Waals surface area contributed by atoms with Gasteiger partial charge in [0.1, 0.15) is 12.7 Å². The number of aryl methyl sites for hydroxylation is 1. The predicted octanol–water partition coefficient (Wildman–Crippen LogP) is 0.976. The molecule has 122 valence electrons. The predicted molar refractivity (Wildman–Crippen MR) is 87.1 cm³/mol. The number of aromatic nitrogens is 5. The molecule has 4 rings (SSSR count). The lowest BCUT2D eigenvalue weighted by Gasteiger charge is -2.37. The third-order valence-corrected chi connectivity index (χ3v) is 5.28. The van der Waals surface area contributed by atoms with Crippen molar-refractivity contribution in [3.8, 4) is 0 Å². The van der Waals surface area contributed by atoms with Gasteiger partial charge < -0.3 is 4.90 Å². The molecular formula is C16H23N7. The van der Waals surface area contributed by atoms with Crippen LogP contribution in [0.2, 0.25) is 0 Å². The van der Waals surface area contributed by atoms with Crippen LogP contribution in [0.3, 0.4) is 0 Å². The number of anilines is 1. The van der Waals surface area contributed by atoms with Crippen molar-refractivity contribution in [2.75, 3.05) is 25.0 Å². The second-order valence-corrected chi connectivity index (χ2v) is 6.80. The second-order valence-electron chi connectivity index (χ2n) is 6.80. The van der Waals surface area contributed by atoms with Crippen LogP contribution in [0.1, 0.15) is 18.4 Å². The normalized spacial score (nSPS) is 28.1. The van der Waals surface area contributed by atoms with Gasteiger partial charge in [0, 0.05) is 37.6 Å². The molecule has 3 atom stereocenters. The molecule has 0 unspecified atom stereocenters. The molecule has 0 spiro atoms.